The van der Waals surface area contributed by atoms with Crippen molar-refractivity contribution >= 4 is 11.7 Å². The molecule has 0 saturated heterocycles. The molecule has 0 unspecified atom stereocenters. The number of hydrogen-bond acceptors (Lipinski definition) is 0. The molecule has 0 spiro atoms. The summed E-state index contributed by atoms with van der Waals surface area (Å²) in [5, 5.41) is 0. The Hall–Kier alpha value is -3.02. The minimum absolute atomic E-state index is 0.157. The summed E-state index contributed by atoms with van der Waals surface area (Å²) < 4.78 is 85.2. The number of benzene rings is 3. The molecule has 3 aromatic carbocycles. The first kappa shape index (κ1) is 25.1. The van der Waals surface area contributed by atoms with Crippen molar-refractivity contribution in [3.05, 3.63) is 94.6 Å². The minimum atomic E-state index is -1.56. The third kappa shape index (κ3) is 5.47. The second-order valence-electron chi connectivity index (χ2n) is 9.20. The van der Waals surface area contributed by atoms with E-state index in [4.69, 9.17) is 0 Å². The van der Waals surface area contributed by atoms with Gasteiger partial charge in [-0.1, -0.05) is 38.0 Å². The quantitative estimate of drug-likeness (QED) is 0.239. The maximum absolute atomic E-state index is 15.0. The van der Waals surface area contributed by atoms with Gasteiger partial charge >= 0.3 is 0 Å². The Kier molecular flexibility index (Phi) is 7.68. The van der Waals surface area contributed by atoms with Crippen molar-refractivity contribution in [3.63, 3.8) is 0 Å². The molecule has 1 aliphatic rings. The van der Waals surface area contributed by atoms with Gasteiger partial charge in [0.2, 0.25) is 0 Å². The molecule has 3 aromatic rings. The summed E-state index contributed by atoms with van der Waals surface area (Å²) in [4.78, 5) is 0. The van der Waals surface area contributed by atoms with Crippen LogP contribution >= 0.6 is 0 Å². The molecule has 0 N–H and O–H groups in total. The lowest BCUT2D eigenvalue weighted by molar-refractivity contribution is 0.308. The maximum atomic E-state index is 15.0. The summed E-state index contributed by atoms with van der Waals surface area (Å²) in [6, 6.07) is 10.1. The predicted octanol–water partition coefficient (Wildman–Crippen LogP) is 9.75. The van der Waals surface area contributed by atoms with E-state index in [1.165, 1.54) is 25.0 Å². The van der Waals surface area contributed by atoms with E-state index in [1.54, 1.807) is 6.07 Å². The van der Waals surface area contributed by atoms with Crippen molar-refractivity contribution in [3.8, 4) is 11.1 Å². The van der Waals surface area contributed by atoms with Gasteiger partial charge in [0.15, 0.2) is 23.3 Å². The van der Waals surface area contributed by atoms with Crippen LogP contribution < -0.4 is 0 Å². The Morgan fingerprint density at radius 3 is 2.09 bits per heavy atom. The molecule has 1 fully saturated rings. The second-order valence-corrected chi connectivity index (χ2v) is 9.20. The smallest absolute Gasteiger partial charge is 0.169 e. The molecular formula is C29H26F6. The van der Waals surface area contributed by atoms with Crippen LogP contribution in [0.4, 0.5) is 26.3 Å². The second kappa shape index (κ2) is 10.7. The van der Waals surface area contributed by atoms with Crippen LogP contribution in [0.2, 0.25) is 0 Å². The van der Waals surface area contributed by atoms with Crippen molar-refractivity contribution < 1.29 is 26.3 Å². The van der Waals surface area contributed by atoms with Crippen molar-refractivity contribution in [1.29, 1.82) is 0 Å². The van der Waals surface area contributed by atoms with Crippen LogP contribution in [0, 0.1) is 29.2 Å². The van der Waals surface area contributed by atoms with Crippen LogP contribution in [0.3, 0.4) is 0 Å². The third-order valence-corrected chi connectivity index (χ3v) is 6.89. The fourth-order valence-electron chi connectivity index (χ4n) is 4.95. The molecule has 4 rings (SSSR count). The summed E-state index contributed by atoms with van der Waals surface area (Å²) >= 11 is 0. The largest absolute Gasteiger partial charge is 0.206 e. The van der Waals surface area contributed by atoms with Crippen LogP contribution in [-0.2, 0) is 0 Å². The Balaban J connectivity index is 1.56. The number of hydrogen-bond donors (Lipinski definition) is 0. The zero-order valence-corrected chi connectivity index (χ0v) is 19.4. The summed E-state index contributed by atoms with van der Waals surface area (Å²) in [6.45, 7) is 2.18. The van der Waals surface area contributed by atoms with Crippen LogP contribution in [0.1, 0.15) is 68.1 Å². The molecule has 1 aliphatic carbocycles. The highest BCUT2D eigenvalue weighted by molar-refractivity contribution is 5.84. The molecule has 0 aromatic heterocycles. The van der Waals surface area contributed by atoms with Gasteiger partial charge < -0.3 is 0 Å². The molecule has 35 heavy (non-hydrogen) atoms. The van der Waals surface area contributed by atoms with Gasteiger partial charge in [0.25, 0.3) is 0 Å². The van der Waals surface area contributed by atoms with Gasteiger partial charge in [-0.05, 0) is 85.0 Å². The first-order valence-corrected chi connectivity index (χ1v) is 11.9. The zero-order valence-electron chi connectivity index (χ0n) is 19.4. The van der Waals surface area contributed by atoms with Gasteiger partial charge in [-0.3, -0.25) is 0 Å². The van der Waals surface area contributed by atoms with Crippen LogP contribution in [0.5, 0.6) is 0 Å². The molecule has 0 atom stereocenters. The first-order chi connectivity index (χ1) is 16.8. The standard InChI is InChI=1S/C29H26F6/c1-2-3-17-4-6-18(7-5-17)19-8-11-22(25(31)14-19)20-9-12-23(26(32)15-20)29(35)28(34)21-10-13-24(30)27(33)16-21/h8-18H,2-7H2,1H3/b29-28+. The lowest BCUT2D eigenvalue weighted by Crippen LogP contribution is -2.13. The van der Waals surface area contributed by atoms with Gasteiger partial charge in [-0.15, -0.1) is 0 Å². The highest BCUT2D eigenvalue weighted by atomic mass is 19.2. The van der Waals surface area contributed by atoms with Crippen molar-refractivity contribution in [2.75, 3.05) is 0 Å². The van der Waals surface area contributed by atoms with Gasteiger partial charge in [-0.25, -0.2) is 26.3 Å². The Labute approximate surface area is 201 Å². The molecule has 0 amide bonds. The first-order valence-electron chi connectivity index (χ1n) is 11.9. The summed E-state index contributed by atoms with van der Waals surface area (Å²) in [5.74, 6) is -6.23. The fraction of sp³-hybridized carbons (Fsp3) is 0.310. The number of rotatable bonds is 6. The van der Waals surface area contributed by atoms with Crippen molar-refractivity contribution in [2.45, 2.75) is 51.4 Å². The molecular weight excluding hydrogens is 462 g/mol. The van der Waals surface area contributed by atoms with E-state index in [0.29, 0.717) is 18.1 Å². The molecule has 0 nitrogen and oxygen atoms in total. The molecule has 0 aliphatic heterocycles. The van der Waals surface area contributed by atoms with E-state index in [1.807, 2.05) is 6.07 Å². The SMILES string of the molecule is CCCC1CCC(c2ccc(-c3ccc(/C(F)=C(\F)c4ccc(F)c(F)c4)c(F)c3)c(F)c2)CC1. The zero-order chi connectivity index (χ0) is 25.1. The van der Waals surface area contributed by atoms with Gasteiger partial charge in [-0.2, -0.15) is 0 Å². The Morgan fingerprint density at radius 1 is 0.714 bits per heavy atom. The van der Waals surface area contributed by atoms with Gasteiger partial charge in [0, 0.05) is 16.7 Å². The molecule has 0 radical (unpaired) electrons. The van der Waals surface area contributed by atoms with E-state index in [2.05, 4.69) is 6.92 Å². The van der Waals surface area contributed by atoms with Crippen LogP contribution in [0.25, 0.3) is 22.8 Å². The third-order valence-electron chi connectivity index (χ3n) is 6.89. The molecule has 184 valence electrons. The topological polar surface area (TPSA) is 0 Å². The predicted molar refractivity (Wildman–Crippen MR) is 127 cm³/mol. The van der Waals surface area contributed by atoms with E-state index in [0.717, 1.165) is 55.4 Å². The van der Waals surface area contributed by atoms with Crippen molar-refractivity contribution in [1.82, 2.24) is 0 Å². The van der Waals surface area contributed by atoms with E-state index < -0.39 is 46.0 Å². The Morgan fingerprint density at radius 2 is 1.46 bits per heavy atom. The van der Waals surface area contributed by atoms with E-state index >= 15 is 0 Å². The Bertz CT molecular complexity index is 1240. The minimum Gasteiger partial charge on any atom is -0.206 e. The van der Waals surface area contributed by atoms with Crippen LogP contribution in [-0.4, -0.2) is 0 Å². The average Bonchev–Trinajstić information content (AvgIpc) is 2.85. The molecule has 1 saturated carbocycles. The fourth-order valence-corrected chi connectivity index (χ4v) is 4.95. The molecule has 0 heterocycles. The highest BCUT2D eigenvalue weighted by Crippen LogP contribution is 2.39. The van der Waals surface area contributed by atoms with Crippen LogP contribution in [0.15, 0.2) is 54.6 Å². The summed E-state index contributed by atoms with van der Waals surface area (Å²) in [6.07, 6.45) is 6.69. The highest BCUT2D eigenvalue weighted by Gasteiger charge is 2.23. The van der Waals surface area contributed by atoms with Gasteiger partial charge in [0.05, 0.1) is 0 Å². The lowest BCUT2D eigenvalue weighted by Gasteiger charge is -2.28. The maximum Gasteiger partial charge on any atom is 0.169 e. The summed E-state index contributed by atoms with van der Waals surface area (Å²) in [5.41, 5.74) is 0.000260. The van der Waals surface area contributed by atoms with Crippen molar-refractivity contribution in [2.24, 2.45) is 5.92 Å². The van der Waals surface area contributed by atoms with Gasteiger partial charge in [0.1, 0.15) is 11.6 Å². The monoisotopic (exact) mass is 488 g/mol. The van der Waals surface area contributed by atoms with E-state index in [-0.39, 0.29) is 11.1 Å². The molecule has 0 bridgehead atoms. The summed E-state index contributed by atoms with van der Waals surface area (Å²) in [7, 11) is 0. The lowest BCUT2D eigenvalue weighted by atomic mass is 9.77. The average molecular weight is 489 g/mol. The normalized spacial score (nSPS) is 18.9. The van der Waals surface area contributed by atoms with E-state index in [9.17, 15) is 26.3 Å². The number of halogens is 6. The molecule has 6 heteroatoms.